The number of rotatable bonds is 1. The van der Waals surface area contributed by atoms with Crippen LogP contribution in [0.4, 0.5) is 5.69 Å². The predicted molar refractivity (Wildman–Crippen MR) is 91.9 cm³/mol. The van der Waals surface area contributed by atoms with Gasteiger partial charge in [-0.2, -0.15) is 0 Å². The van der Waals surface area contributed by atoms with Crippen LogP contribution in [0.2, 0.25) is 0 Å². The molecule has 1 aromatic carbocycles. The molecule has 0 unspecified atom stereocenters. The van der Waals surface area contributed by atoms with Crippen molar-refractivity contribution in [2.24, 2.45) is 0 Å². The molecule has 0 amide bonds. The van der Waals surface area contributed by atoms with Gasteiger partial charge in [-0.3, -0.25) is 4.79 Å². The van der Waals surface area contributed by atoms with Crippen molar-refractivity contribution in [3.05, 3.63) is 38.3 Å². The van der Waals surface area contributed by atoms with Crippen LogP contribution in [0.15, 0.2) is 32.8 Å². The van der Waals surface area contributed by atoms with Crippen LogP contribution in [0.1, 0.15) is 12.8 Å². The first-order valence-electron chi connectivity index (χ1n) is 7.41. The quantitative estimate of drug-likeness (QED) is 0.758. The first kappa shape index (κ1) is 14.6. The van der Waals surface area contributed by atoms with E-state index in [1.807, 2.05) is 23.6 Å². The van der Waals surface area contributed by atoms with E-state index in [0.717, 1.165) is 46.2 Å². The van der Waals surface area contributed by atoms with Crippen molar-refractivity contribution in [1.82, 2.24) is 0 Å². The summed E-state index contributed by atoms with van der Waals surface area (Å²) in [5, 5.41) is 2.76. The van der Waals surface area contributed by atoms with Crippen LogP contribution in [0.25, 0.3) is 10.1 Å². The lowest BCUT2D eigenvalue weighted by Gasteiger charge is -2.38. The second-order valence-electron chi connectivity index (χ2n) is 5.69. The second kappa shape index (κ2) is 5.60. The minimum absolute atomic E-state index is 0.110. The smallest absolute Gasteiger partial charge is 0.211 e. The number of benzene rings is 1. The third-order valence-corrected chi connectivity index (χ3v) is 5.84. The third-order valence-electron chi connectivity index (χ3n) is 4.40. The molecule has 4 nitrogen and oxygen atoms in total. The topological polar surface area (TPSA) is 38.8 Å². The fourth-order valence-electron chi connectivity index (χ4n) is 3.19. The molecule has 3 heterocycles. The molecule has 116 valence electrons. The van der Waals surface area contributed by atoms with Crippen molar-refractivity contribution in [1.29, 1.82) is 0 Å². The van der Waals surface area contributed by atoms with Crippen molar-refractivity contribution in [3.63, 3.8) is 0 Å². The van der Waals surface area contributed by atoms with Crippen molar-refractivity contribution in [3.8, 4) is 0 Å². The third kappa shape index (κ3) is 2.48. The Hall–Kier alpha value is -0.950. The molecule has 2 saturated heterocycles. The molecule has 0 bridgehead atoms. The zero-order valence-corrected chi connectivity index (χ0v) is 14.4. The van der Waals surface area contributed by atoms with Gasteiger partial charge in [0.1, 0.15) is 0 Å². The fourth-order valence-corrected chi connectivity index (χ4v) is 4.47. The summed E-state index contributed by atoms with van der Waals surface area (Å²) in [4.78, 5) is 14.9. The van der Waals surface area contributed by atoms with E-state index < -0.39 is 5.79 Å². The lowest BCUT2D eigenvalue weighted by Crippen LogP contribution is -2.46. The highest BCUT2D eigenvalue weighted by molar-refractivity contribution is 9.10. The summed E-state index contributed by atoms with van der Waals surface area (Å²) in [5.41, 5.74) is 0.905. The predicted octanol–water partition coefficient (Wildman–Crippen LogP) is 3.37. The van der Waals surface area contributed by atoms with E-state index >= 15 is 0 Å². The van der Waals surface area contributed by atoms with Gasteiger partial charge in [0, 0.05) is 45.9 Å². The van der Waals surface area contributed by atoms with Gasteiger partial charge in [-0.05, 0) is 18.2 Å². The Bertz CT molecular complexity index is 760. The summed E-state index contributed by atoms with van der Waals surface area (Å²) in [7, 11) is 0. The van der Waals surface area contributed by atoms with Gasteiger partial charge in [0.2, 0.25) is 5.43 Å². The highest BCUT2D eigenvalue weighted by Gasteiger charge is 2.40. The number of halogens is 1. The van der Waals surface area contributed by atoms with Gasteiger partial charge in [0.25, 0.3) is 0 Å². The van der Waals surface area contributed by atoms with Gasteiger partial charge >= 0.3 is 0 Å². The lowest BCUT2D eigenvalue weighted by molar-refractivity contribution is -0.169. The normalized spacial score (nSPS) is 20.9. The number of hydrogen-bond acceptors (Lipinski definition) is 5. The van der Waals surface area contributed by atoms with E-state index in [4.69, 9.17) is 9.47 Å². The van der Waals surface area contributed by atoms with Crippen LogP contribution in [0.3, 0.4) is 0 Å². The molecule has 2 aliphatic heterocycles. The Balaban J connectivity index is 1.64. The van der Waals surface area contributed by atoms with Crippen LogP contribution in [-0.4, -0.2) is 32.1 Å². The van der Waals surface area contributed by atoms with E-state index in [1.54, 1.807) is 11.3 Å². The van der Waals surface area contributed by atoms with Crippen molar-refractivity contribution < 1.29 is 9.47 Å². The monoisotopic (exact) mass is 381 g/mol. The molecule has 0 saturated carbocycles. The van der Waals surface area contributed by atoms with Crippen molar-refractivity contribution >= 4 is 43.0 Å². The molecule has 22 heavy (non-hydrogen) atoms. The molecule has 0 N–H and O–H groups in total. The Labute approximate surface area is 140 Å². The summed E-state index contributed by atoms with van der Waals surface area (Å²) >= 11 is 5.07. The number of nitrogens with zero attached hydrogens (tertiary/aromatic N) is 1. The maximum absolute atomic E-state index is 12.8. The van der Waals surface area contributed by atoms with Gasteiger partial charge in [-0.1, -0.05) is 15.9 Å². The van der Waals surface area contributed by atoms with E-state index in [9.17, 15) is 4.79 Å². The van der Waals surface area contributed by atoms with E-state index in [-0.39, 0.29) is 5.43 Å². The first-order chi connectivity index (χ1) is 10.7. The van der Waals surface area contributed by atoms with Gasteiger partial charge in [0.05, 0.1) is 18.9 Å². The van der Waals surface area contributed by atoms with Crippen LogP contribution in [0.5, 0.6) is 0 Å². The van der Waals surface area contributed by atoms with Gasteiger partial charge in [-0.25, -0.2) is 0 Å². The Kier molecular flexibility index (Phi) is 3.72. The lowest BCUT2D eigenvalue weighted by atomic mass is 10.0. The van der Waals surface area contributed by atoms with Crippen molar-refractivity contribution in [2.45, 2.75) is 18.6 Å². The summed E-state index contributed by atoms with van der Waals surface area (Å²) in [6, 6.07) is 5.87. The first-order valence-corrected chi connectivity index (χ1v) is 9.08. The molecule has 1 spiro atoms. The highest BCUT2D eigenvalue weighted by atomic mass is 79.9. The molecule has 1 aromatic heterocycles. The summed E-state index contributed by atoms with van der Waals surface area (Å²) in [5.74, 6) is -0.400. The average molecular weight is 382 g/mol. The highest BCUT2D eigenvalue weighted by Crippen LogP contribution is 2.33. The van der Waals surface area contributed by atoms with E-state index in [0.29, 0.717) is 13.2 Å². The molecule has 2 aliphatic rings. The fraction of sp³-hybridized carbons (Fsp3) is 0.438. The number of hydrogen-bond donors (Lipinski definition) is 0. The largest absolute Gasteiger partial charge is 0.367 e. The Morgan fingerprint density at radius 1 is 1.18 bits per heavy atom. The van der Waals surface area contributed by atoms with Crippen LogP contribution < -0.4 is 10.3 Å². The molecular formula is C16H16BrNO3S. The van der Waals surface area contributed by atoms with Gasteiger partial charge in [-0.15, -0.1) is 11.3 Å². The molecule has 6 heteroatoms. The number of ether oxygens (including phenoxy) is 2. The average Bonchev–Trinajstić information content (AvgIpc) is 2.98. The summed E-state index contributed by atoms with van der Waals surface area (Å²) in [6.07, 6.45) is 1.63. The van der Waals surface area contributed by atoms with E-state index in [2.05, 4.69) is 20.8 Å². The minimum atomic E-state index is -0.400. The second-order valence-corrected chi connectivity index (χ2v) is 7.51. The molecule has 0 radical (unpaired) electrons. The number of fused-ring (bicyclic) bond motifs is 1. The molecule has 0 aliphatic carbocycles. The van der Waals surface area contributed by atoms with Crippen LogP contribution in [-0.2, 0) is 9.47 Å². The molecule has 0 atom stereocenters. The zero-order chi connectivity index (χ0) is 15.2. The molecule has 2 aromatic rings. The number of piperidine rings is 1. The Morgan fingerprint density at radius 2 is 1.91 bits per heavy atom. The summed E-state index contributed by atoms with van der Waals surface area (Å²) < 4.78 is 13.5. The molecular weight excluding hydrogens is 366 g/mol. The zero-order valence-electron chi connectivity index (χ0n) is 12.0. The van der Waals surface area contributed by atoms with Gasteiger partial charge in [0.15, 0.2) is 5.79 Å². The number of anilines is 1. The minimum Gasteiger partial charge on any atom is -0.367 e. The van der Waals surface area contributed by atoms with Crippen molar-refractivity contribution in [2.75, 3.05) is 31.2 Å². The standard InChI is InChI=1S/C16H16BrNO3S/c17-11-1-2-14-12(9-11)15(19)13(10-22-14)18-5-3-16(4-6-18)20-7-8-21-16/h1-2,9-10H,3-8H2. The maximum Gasteiger partial charge on any atom is 0.211 e. The molecule has 2 fully saturated rings. The van der Waals surface area contributed by atoms with Crippen LogP contribution >= 0.6 is 27.3 Å². The summed E-state index contributed by atoms with van der Waals surface area (Å²) in [6.45, 7) is 2.95. The van der Waals surface area contributed by atoms with Crippen LogP contribution in [0, 0.1) is 0 Å². The Morgan fingerprint density at radius 3 is 2.64 bits per heavy atom. The SMILES string of the molecule is O=c1c(N2CCC3(CC2)OCCO3)csc2ccc(Br)cc12. The maximum atomic E-state index is 12.8. The van der Waals surface area contributed by atoms with E-state index in [1.165, 1.54) is 0 Å². The molecule has 4 rings (SSSR count). The van der Waals surface area contributed by atoms with Gasteiger partial charge < -0.3 is 14.4 Å².